The molecule has 5 rings (SSSR count). The van der Waals surface area contributed by atoms with Gasteiger partial charge < -0.3 is 19.1 Å². The quantitative estimate of drug-likeness (QED) is 0.598. The lowest BCUT2D eigenvalue weighted by Gasteiger charge is -2.22. The van der Waals surface area contributed by atoms with Crippen molar-refractivity contribution in [3.05, 3.63) is 70.2 Å². The molecular formula is C22H17Cl2NO4. The number of carbonyl (C=O) groups excluding carboxylic acids is 1. The number of carbonyl (C=O) groups is 1. The molecule has 0 N–H and O–H groups in total. The van der Waals surface area contributed by atoms with Gasteiger partial charge in [0.05, 0.1) is 41.1 Å². The largest absolute Gasteiger partial charge is 0.492 e. The molecule has 1 fully saturated rings. The van der Waals surface area contributed by atoms with Crippen molar-refractivity contribution in [1.29, 1.82) is 0 Å². The Hall–Kier alpha value is -2.31. The number of nitrogens with zero attached hydrogens (tertiary/aromatic N) is 1. The maximum Gasteiger partial charge on any atom is 0.292 e. The number of halogens is 2. The van der Waals surface area contributed by atoms with Crippen LogP contribution in [0.2, 0.25) is 10.0 Å². The van der Waals surface area contributed by atoms with Gasteiger partial charge in [-0.1, -0.05) is 53.5 Å². The molecule has 3 aromatic carbocycles. The lowest BCUT2D eigenvalue weighted by Crippen LogP contribution is -2.42. The Bertz CT molecular complexity index is 1110. The summed E-state index contributed by atoms with van der Waals surface area (Å²) in [7, 11) is 0. The van der Waals surface area contributed by atoms with Crippen LogP contribution in [-0.2, 0) is 20.1 Å². The van der Waals surface area contributed by atoms with Crippen molar-refractivity contribution in [2.45, 2.75) is 5.79 Å². The van der Waals surface area contributed by atoms with Crippen LogP contribution in [-0.4, -0.2) is 32.3 Å². The van der Waals surface area contributed by atoms with Gasteiger partial charge in [-0.2, -0.15) is 0 Å². The van der Waals surface area contributed by atoms with Crippen LogP contribution in [0.25, 0.3) is 10.8 Å². The highest BCUT2D eigenvalue weighted by Gasteiger charge is 2.57. The molecule has 2 aliphatic heterocycles. The van der Waals surface area contributed by atoms with Crippen LogP contribution in [0.15, 0.2) is 54.6 Å². The smallest absolute Gasteiger partial charge is 0.292 e. The molecule has 29 heavy (non-hydrogen) atoms. The Labute approximate surface area is 177 Å². The van der Waals surface area contributed by atoms with Gasteiger partial charge in [0.15, 0.2) is 0 Å². The number of anilines is 1. The van der Waals surface area contributed by atoms with Crippen molar-refractivity contribution >= 4 is 45.6 Å². The second kappa shape index (κ2) is 7.18. The molecule has 0 aliphatic carbocycles. The Kier molecular flexibility index (Phi) is 4.63. The number of benzene rings is 3. The fourth-order valence-electron chi connectivity index (χ4n) is 3.91. The third-order valence-electron chi connectivity index (χ3n) is 5.20. The first kappa shape index (κ1) is 18.7. The zero-order chi connectivity index (χ0) is 20.0. The molecule has 0 radical (unpaired) electrons. The topological polar surface area (TPSA) is 48.0 Å². The van der Waals surface area contributed by atoms with Crippen LogP contribution in [0.4, 0.5) is 5.69 Å². The maximum atomic E-state index is 13.2. The summed E-state index contributed by atoms with van der Waals surface area (Å²) in [5.74, 6) is -1.11. The van der Waals surface area contributed by atoms with E-state index in [-0.39, 0.29) is 19.1 Å². The van der Waals surface area contributed by atoms with Crippen molar-refractivity contribution in [1.82, 2.24) is 0 Å². The number of fused-ring (bicyclic) bond motifs is 3. The third kappa shape index (κ3) is 2.97. The molecule has 148 valence electrons. The molecule has 2 heterocycles. The van der Waals surface area contributed by atoms with Gasteiger partial charge in [-0.3, -0.25) is 4.79 Å². The van der Waals surface area contributed by atoms with Gasteiger partial charge in [-0.15, -0.1) is 0 Å². The van der Waals surface area contributed by atoms with Gasteiger partial charge in [0.1, 0.15) is 12.4 Å². The Morgan fingerprint density at radius 1 is 0.966 bits per heavy atom. The van der Waals surface area contributed by atoms with E-state index in [1.54, 1.807) is 12.1 Å². The lowest BCUT2D eigenvalue weighted by molar-refractivity contribution is -0.180. The fourth-order valence-corrected chi connectivity index (χ4v) is 4.45. The molecule has 0 saturated carbocycles. The molecule has 7 heteroatoms. The Morgan fingerprint density at radius 2 is 1.69 bits per heavy atom. The lowest BCUT2D eigenvalue weighted by atomic mass is 10.1. The minimum atomic E-state index is -1.51. The molecular weight excluding hydrogens is 413 g/mol. The fraction of sp³-hybridized carbons (Fsp3) is 0.227. The van der Waals surface area contributed by atoms with Crippen LogP contribution in [0.5, 0.6) is 5.75 Å². The van der Waals surface area contributed by atoms with E-state index < -0.39 is 5.79 Å². The summed E-state index contributed by atoms with van der Waals surface area (Å²) in [6.07, 6.45) is 0. The normalized spacial score (nSPS) is 17.3. The van der Waals surface area contributed by atoms with E-state index in [2.05, 4.69) is 0 Å². The van der Waals surface area contributed by atoms with E-state index >= 15 is 0 Å². The zero-order valence-corrected chi connectivity index (χ0v) is 16.9. The van der Waals surface area contributed by atoms with Gasteiger partial charge in [0.25, 0.3) is 11.7 Å². The van der Waals surface area contributed by atoms with Crippen LogP contribution in [0.3, 0.4) is 0 Å². The number of amides is 1. The van der Waals surface area contributed by atoms with Crippen LogP contribution >= 0.6 is 23.2 Å². The summed E-state index contributed by atoms with van der Waals surface area (Å²) in [5, 5.41) is 3.04. The second-order valence-electron chi connectivity index (χ2n) is 6.88. The second-order valence-corrected chi connectivity index (χ2v) is 7.69. The van der Waals surface area contributed by atoms with Gasteiger partial charge in [0, 0.05) is 0 Å². The molecule has 5 nitrogen and oxygen atoms in total. The average molecular weight is 430 g/mol. The summed E-state index contributed by atoms with van der Waals surface area (Å²) in [6.45, 7) is 1.19. The highest BCUT2D eigenvalue weighted by Crippen LogP contribution is 2.51. The average Bonchev–Trinajstić information content (AvgIpc) is 3.31. The molecule has 2 aliphatic rings. The van der Waals surface area contributed by atoms with Crippen molar-refractivity contribution < 1.29 is 19.0 Å². The van der Waals surface area contributed by atoms with Crippen LogP contribution in [0, 0.1) is 0 Å². The van der Waals surface area contributed by atoms with Gasteiger partial charge in [0.2, 0.25) is 0 Å². The van der Waals surface area contributed by atoms with E-state index in [1.807, 2.05) is 42.5 Å². The monoisotopic (exact) mass is 429 g/mol. The molecule has 1 amide bonds. The first-order valence-electron chi connectivity index (χ1n) is 9.30. The van der Waals surface area contributed by atoms with Crippen LogP contribution < -0.4 is 9.64 Å². The Balaban J connectivity index is 1.40. The summed E-state index contributed by atoms with van der Waals surface area (Å²) in [6, 6.07) is 17.3. The highest BCUT2D eigenvalue weighted by molar-refractivity contribution is 6.38. The molecule has 1 saturated heterocycles. The van der Waals surface area contributed by atoms with Crippen LogP contribution in [0.1, 0.15) is 5.56 Å². The van der Waals surface area contributed by atoms with E-state index in [9.17, 15) is 4.79 Å². The van der Waals surface area contributed by atoms with Gasteiger partial charge in [-0.25, -0.2) is 0 Å². The van der Waals surface area contributed by atoms with E-state index in [0.717, 1.165) is 16.5 Å². The molecule has 1 spiro atoms. The molecule has 3 aromatic rings. The number of hydrogen-bond donors (Lipinski definition) is 0. The summed E-state index contributed by atoms with van der Waals surface area (Å²) < 4.78 is 17.4. The maximum absolute atomic E-state index is 13.2. The van der Waals surface area contributed by atoms with Crippen molar-refractivity contribution in [2.75, 3.05) is 31.3 Å². The highest BCUT2D eigenvalue weighted by atomic mass is 35.5. The Morgan fingerprint density at radius 3 is 2.48 bits per heavy atom. The predicted octanol–water partition coefficient (Wildman–Crippen LogP) is 4.77. The van der Waals surface area contributed by atoms with E-state index in [1.165, 1.54) is 4.90 Å². The van der Waals surface area contributed by atoms with Gasteiger partial charge >= 0.3 is 0 Å². The van der Waals surface area contributed by atoms with Gasteiger partial charge in [-0.05, 0) is 35.0 Å². The van der Waals surface area contributed by atoms with Crippen molar-refractivity contribution in [2.24, 2.45) is 0 Å². The number of ether oxygens (including phenoxy) is 3. The predicted molar refractivity (Wildman–Crippen MR) is 112 cm³/mol. The minimum absolute atomic E-state index is 0.280. The summed E-state index contributed by atoms with van der Waals surface area (Å²) in [4.78, 5) is 14.7. The van der Waals surface area contributed by atoms with E-state index in [4.69, 9.17) is 37.4 Å². The molecule has 0 atom stereocenters. The molecule has 0 bridgehead atoms. The SMILES string of the molecule is O=C1N(CCOc2ccc3ccccc3c2)c2c(Cl)ccc(Cl)c2C12OCCO2. The first-order valence-corrected chi connectivity index (χ1v) is 10.1. The number of rotatable bonds is 4. The summed E-state index contributed by atoms with van der Waals surface area (Å²) >= 11 is 12.8. The molecule has 0 unspecified atom stereocenters. The minimum Gasteiger partial charge on any atom is -0.492 e. The standard InChI is InChI=1S/C22H17Cl2NO4/c23-17-7-8-18(24)20-19(17)22(28-11-12-29-22)21(26)25(20)9-10-27-16-6-5-14-3-1-2-4-15(14)13-16/h1-8,13H,9-12H2. The van der Waals surface area contributed by atoms with E-state index in [0.29, 0.717) is 34.5 Å². The van der Waals surface area contributed by atoms with Crippen molar-refractivity contribution in [3.63, 3.8) is 0 Å². The number of hydrogen-bond acceptors (Lipinski definition) is 4. The third-order valence-corrected chi connectivity index (χ3v) is 5.82. The zero-order valence-electron chi connectivity index (χ0n) is 15.4. The van der Waals surface area contributed by atoms with Crippen molar-refractivity contribution in [3.8, 4) is 5.75 Å². The first-order chi connectivity index (χ1) is 14.1. The molecule has 0 aromatic heterocycles. The summed E-state index contributed by atoms with van der Waals surface area (Å²) in [5.41, 5.74) is 0.994.